The van der Waals surface area contributed by atoms with Gasteiger partial charge in [-0.2, -0.15) is 0 Å². The van der Waals surface area contributed by atoms with E-state index in [0.29, 0.717) is 5.92 Å². The third kappa shape index (κ3) is 3.13. The quantitative estimate of drug-likeness (QED) is 0.917. The molecule has 0 amide bonds. The van der Waals surface area contributed by atoms with E-state index in [4.69, 9.17) is 4.74 Å². The predicted octanol–water partition coefficient (Wildman–Crippen LogP) is 2.97. The molecule has 1 aliphatic heterocycles. The van der Waals surface area contributed by atoms with Gasteiger partial charge in [-0.15, -0.1) is 0 Å². The molecule has 1 aliphatic rings. The molecule has 0 radical (unpaired) electrons. The average Bonchev–Trinajstić information content (AvgIpc) is 2.47. The van der Waals surface area contributed by atoms with Gasteiger partial charge < -0.3 is 15.0 Å². The lowest BCUT2D eigenvalue weighted by atomic mass is 9.94. The number of halogens is 1. The molecule has 2 rings (SSSR count). The van der Waals surface area contributed by atoms with Gasteiger partial charge in [0.2, 0.25) is 0 Å². The Bertz CT molecular complexity index is 452. The van der Waals surface area contributed by atoms with Crippen molar-refractivity contribution >= 4 is 5.69 Å². The summed E-state index contributed by atoms with van der Waals surface area (Å²) in [6, 6.07) is 5.19. The van der Waals surface area contributed by atoms with Crippen molar-refractivity contribution in [1.82, 2.24) is 5.32 Å². The fourth-order valence-corrected chi connectivity index (χ4v) is 2.88. The number of anilines is 1. The number of piperidine rings is 1. The molecular formula is C16H25FN2O. The van der Waals surface area contributed by atoms with Crippen LogP contribution in [-0.4, -0.2) is 33.4 Å². The number of hydrogen-bond donors (Lipinski definition) is 1. The van der Waals surface area contributed by atoms with Crippen LogP contribution in [0.2, 0.25) is 0 Å². The standard InChI is InChI=1S/C16H25FN2O/c1-11-7-8-19(10-16(11)20-4)15-6-5-13(17)9-14(15)12(2)18-3/h5-6,9,11-12,16,18H,7-8,10H2,1-4H3. The van der Waals surface area contributed by atoms with Crippen LogP contribution in [0.15, 0.2) is 18.2 Å². The molecule has 0 saturated carbocycles. The van der Waals surface area contributed by atoms with E-state index in [1.54, 1.807) is 19.2 Å². The highest BCUT2D eigenvalue weighted by Gasteiger charge is 2.27. The van der Waals surface area contributed by atoms with Crippen molar-refractivity contribution in [2.24, 2.45) is 5.92 Å². The fourth-order valence-electron chi connectivity index (χ4n) is 2.88. The molecule has 0 bridgehead atoms. The molecular weight excluding hydrogens is 255 g/mol. The number of benzene rings is 1. The van der Waals surface area contributed by atoms with Crippen LogP contribution in [0.25, 0.3) is 0 Å². The second-order valence-electron chi connectivity index (χ2n) is 5.70. The first-order valence-electron chi connectivity index (χ1n) is 7.31. The van der Waals surface area contributed by atoms with Gasteiger partial charge in [0.15, 0.2) is 0 Å². The van der Waals surface area contributed by atoms with Crippen molar-refractivity contribution in [3.63, 3.8) is 0 Å². The third-order valence-electron chi connectivity index (χ3n) is 4.42. The first kappa shape index (κ1) is 15.3. The fraction of sp³-hybridized carbons (Fsp3) is 0.625. The van der Waals surface area contributed by atoms with E-state index in [9.17, 15) is 4.39 Å². The highest BCUT2D eigenvalue weighted by molar-refractivity contribution is 5.55. The Kier molecular flexibility index (Phi) is 5.00. The summed E-state index contributed by atoms with van der Waals surface area (Å²) in [5.74, 6) is 0.390. The lowest BCUT2D eigenvalue weighted by Crippen LogP contribution is -2.44. The molecule has 3 unspecified atom stereocenters. The van der Waals surface area contributed by atoms with Gasteiger partial charge >= 0.3 is 0 Å². The van der Waals surface area contributed by atoms with E-state index in [-0.39, 0.29) is 18.0 Å². The molecule has 1 fully saturated rings. The van der Waals surface area contributed by atoms with Crippen molar-refractivity contribution in [1.29, 1.82) is 0 Å². The van der Waals surface area contributed by atoms with Crippen LogP contribution in [0.1, 0.15) is 31.9 Å². The van der Waals surface area contributed by atoms with Gasteiger partial charge in [-0.1, -0.05) is 6.92 Å². The second kappa shape index (κ2) is 6.55. The summed E-state index contributed by atoms with van der Waals surface area (Å²) < 4.78 is 19.1. The Balaban J connectivity index is 2.28. The summed E-state index contributed by atoms with van der Waals surface area (Å²) in [6.07, 6.45) is 1.34. The number of hydrogen-bond acceptors (Lipinski definition) is 3. The van der Waals surface area contributed by atoms with Crippen molar-refractivity contribution in [2.45, 2.75) is 32.4 Å². The number of nitrogens with one attached hydrogen (secondary N) is 1. The molecule has 0 aliphatic carbocycles. The molecule has 0 spiro atoms. The van der Waals surface area contributed by atoms with Gasteiger partial charge in [0.1, 0.15) is 5.82 Å². The smallest absolute Gasteiger partial charge is 0.123 e. The van der Waals surface area contributed by atoms with E-state index >= 15 is 0 Å². The zero-order chi connectivity index (χ0) is 14.7. The first-order chi connectivity index (χ1) is 9.56. The largest absolute Gasteiger partial charge is 0.379 e. The monoisotopic (exact) mass is 280 g/mol. The normalized spacial score (nSPS) is 24.8. The van der Waals surface area contributed by atoms with Gasteiger partial charge in [-0.05, 0) is 50.1 Å². The number of methoxy groups -OCH3 is 1. The molecule has 1 aromatic carbocycles. The van der Waals surface area contributed by atoms with Crippen LogP contribution in [-0.2, 0) is 4.74 Å². The topological polar surface area (TPSA) is 24.5 Å². The van der Waals surface area contributed by atoms with Gasteiger partial charge in [-0.25, -0.2) is 4.39 Å². The maximum atomic E-state index is 13.5. The van der Waals surface area contributed by atoms with Crippen molar-refractivity contribution in [3.8, 4) is 0 Å². The molecule has 1 heterocycles. The molecule has 20 heavy (non-hydrogen) atoms. The van der Waals surface area contributed by atoms with Crippen LogP contribution >= 0.6 is 0 Å². The number of nitrogens with zero attached hydrogens (tertiary/aromatic N) is 1. The Morgan fingerprint density at radius 1 is 1.45 bits per heavy atom. The highest BCUT2D eigenvalue weighted by Crippen LogP contribution is 2.31. The lowest BCUT2D eigenvalue weighted by Gasteiger charge is -2.39. The van der Waals surface area contributed by atoms with Gasteiger partial charge in [0, 0.05) is 31.9 Å². The number of ether oxygens (including phenoxy) is 1. The predicted molar refractivity (Wildman–Crippen MR) is 80.7 cm³/mol. The minimum absolute atomic E-state index is 0.126. The Labute approximate surface area is 121 Å². The molecule has 4 heteroatoms. The SMILES string of the molecule is CNC(C)c1cc(F)ccc1N1CCC(C)C(OC)C1. The summed E-state index contributed by atoms with van der Waals surface area (Å²) >= 11 is 0. The summed E-state index contributed by atoms with van der Waals surface area (Å²) in [5, 5.41) is 3.20. The molecule has 3 atom stereocenters. The van der Waals surface area contributed by atoms with E-state index in [1.165, 1.54) is 0 Å². The maximum Gasteiger partial charge on any atom is 0.123 e. The van der Waals surface area contributed by atoms with E-state index in [1.807, 2.05) is 13.1 Å². The van der Waals surface area contributed by atoms with E-state index in [2.05, 4.69) is 24.1 Å². The summed E-state index contributed by atoms with van der Waals surface area (Å²) in [5.41, 5.74) is 2.12. The van der Waals surface area contributed by atoms with Gasteiger partial charge in [0.25, 0.3) is 0 Å². The third-order valence-corrected chi connectivity index (χ3v) is 4.42. The summed E-state index contributed by atoms with van der Waals surface area (Å²) in [6.45, 7) is 6.15. The van der Waals surface area contributed by atoms with Crippen LogP contribution in [0, 0.1) is 11.7 Å². The molecule has 0 aromatic heterocycles. The molecule has 112 valence electrons. The van der Waals surface area contributed by atoms with Crippen LogP contribution < -0.4 is 10.2 Å². The molecule has 1 saturated heterocycles. The zero-order valence-corrected chi connectivity index (χ0v) is 12.8. The average molecular weight is 280 g/mol. The summed E-state index contributed by atoms with van der Waals surface area (Å²) in [4.78, 5) is 2.32. The van der Waals surface area contributed by atoms with Gasteiger partial charge in [-0.3, -0.25) is 0 Å². The Morgan fingerprint density at radius 2 is 2.20 bits per heavy atom. The minimum Gasteiger partial charge on any atom is -0.379 e. The molecule has 1 aromatic rings. The maximum absolute atomic E-state index is 13.5. The van der Waals surface area contributed by atoms with Crippen molar-refractivity contribution in [2.75, 3.05) is 32.1 Å². The van der Waals surface area contributed by atoms with Crippen LogP contribution in [0.3, 0.4) is 0 Å². The number of rotatable bonds is 4. The highest BCUT2D eigenvalue weighted by atomic mass is 19.1. The van der Waals surface area contributed by atoms with E-state index < -0.39 is 0 Å². The Hall–Kier alpha value is -1.13. The van der Waals surface area contributed by atoms with Crippen molar-refractivity contribution < 1.29 is 9.13 Å². The van der Waals surface area contributed by atoms with Crippen LogP contribution in [0.4, 0.5) is 10.1 Å². The second-order valence-corrected chi connectivity index (χ2v) is 5.70. The summed E-state index contributed by atoms with van der Waals surface area (Å²) in [7, 11) is 3.67. The van der Waals surface area contributed by atoms with E-state index in [0.717, 1.165) is 30.8 Å². The first-order valence-corrected chi connectivity index (χ1v) is 7.31. The van der Waals surface area contributed by atoms with Crippen LogP contribution in [0.5, 0.6) is 0 Å². The Morgan fingerprint density at radius 3 is 2.85 bits per heavy atom. The van der Waals surface area contributed by atoms with Gasteiger partial charge in [0.05, 0.1) is 6.10 Å². The lowest BCUT2D eigenvalue weighted by molar-refractivity contribution is 0.0498. The minimum atomic E-state index is -0.181. The molecule has 3 nitrogen and oxygen atoms in total. The van der Waals surface area contributed by atoms with Crippen molar-refractivity contribution in [3.05, 3.63) is 29.6 Å². The molecule has 1 N–H and O–H groups in total. The zero-order valence-electron chi connectivity index (χ0n) is 12.8.